The summed E-state index contributed by atoms with van der Waals surface area (Å²) >= 11 is 0. The molecule has 1 saturated heterocycles. The summed E-state index contributed by atoms with van der Waals surface area (Å²) in [6.07, 6.45) is 2.07. The lowest BCUT2D eigenvalue weighted by Crippen LogP contribution is -2.27. The van der Waals surface area contributed by atoms with Crippen LogP contribution in [0, 0.1) is 6.92 Å². The van der Waals surface area contributed by atoms with Crippen LogP contribution in [0.3, 0.4) is 0 Å². The molecule has 2 N–H and O–H groups in total. The fourth-order valence-electron chi connectivity index (χ4n) is 2.76. The van der Waals surface area contributed by atoms with Gasteiger partial charge in [0, 0.05) is 18.5 Å². The third-order valence-corrected chi connectivity index (χ3v) is 4.10. The molecule has 1 aliphatic rings. The minimum absolute atomic E-state index is 0. The smallest absolute Gasteiger partial charge is 0.258 e. The van der Waals surface area contributed by atoms with E-state index in [9.17, 15) is 4.79 Å². The maximum absolute atomic E-state index is 12.4. The van der Waals surface area contributed by atoms with E-state index in [-0.39, 0.29) is 18.3 Å². The maximum atomic E-state index is 12.4. The van der Waals surface area contributed by atoms with Crippen LogP contribution in [0.1, 0.15) is 40.5 Å². The van der Waals surface area contributed by atoms with Gasteiger partial charge in [-0.3, -0.25) is 10.1 Å². The highest BCUT2D eigenvalue weighted by Crippen LogP contribution is 2.23. The molecule has 1 aliphatic heterocycles. The molecular formula is C16H22ClN5O. The highest BCUT2D eigenvalue weighted by molar-refractivity contribution is 6.04. The van der Waals surface area contributed by atoms with Crippen LogP contribution in [0.2, 0.25) is 0 Å². The molecule has 0 atom stereocenters. The van der Waals surface area contributed by atoms with Crippen LogP contribution < -0.4 is 10.6 Å². The fraction of sp³-hybridized carbons (Fsp3) is 0.438. The minimum atomic E-state index is -0.148. The quantitative estimate of drug-likeness (QED) is 0.902. The lowest BCUT2D eigenvalue weighted by atomic mass is 9.98. The summed E-state index contributed by atoms with van der Waals surface area (Å²) in [6.45, 7) is 3.91. The monoisotopic (exact) mass is 335 g/mol. The highest BCUT2D eigenvalue weighted by Gasteiger charge is 2.21. The first-order chi connectivity index (χ1) is 10.6. The summed E-state index contributed by atoms with van der Waals surface area (Å²) in [4.78, 5) is 16.9. The van der Waals surface area contributed by atoms with E-state index in [1.807, 2.05) is 38.2 Å². The van der Waals surface area contributed by atoms with E-state index in [1.54, 1.807) is 4.68 Å². The van der Waals surface area contributed by atoms with Crippen LogP contribution in [0.5, 0.6) is 0 Å². The molecule has 0 unspecified atom stereocenters. The average Bonchev–Trinajstić information content (AvgIpc) is 2.89. The van der Waals surface area contributed by atoms with E-state index >= 15 is 0 Å². The first-order valence-corrected chi connectivity index (χ1v) is 7.64. The number of carbonyl (C=O) groups excluding carboxylic acids is 1. The zero-order chi connectivity index (χ0) is 15.5. The summed E-state index contributed by atoms with van der Waals surface area (Å²) in [6, 6.07) is 7.52. The normalized spacial score (nSPS) is 15.0. The molecule has 0 radical (unpaired) electrons. The second kappa shape index (κ2) is 7.57. The topological polar surface area (TPSA) is 71.8 Å². The molecule has 0 bridgehead atoms. The second-order valence-electron chi connectivity index (χ2n) is 5.71. The van der Waals surface area contributed by atoms with Gasteiger partial charge in [-0.15, -0.1) is 12.4 Å². The molecule has 0 aliphatic carbocycles. The van der Waals surface area contributed by atoms with Gasteiger partial charge >= 0.3 is 0 Å². The Bertz CT molecular complexity index is 679. The van der Waals surface area contributed by atoms with E-state index in [1.165, 1.54) is 0 Å². The van der Waals surface area contributed by atoms with Gasteiger partial charge in [0.2, 0.25) is 5.95 Å². The van der Waals surface area contributed by atoms with Crippen LogP contribution in [-0.2, 0) is 7.05 Å². The number of benzene rings is 1. The minimum Gasteiger partial charge on any atom is -0.317 e. The number of amides is 1. The van der Waals surface area contributed by atoms with E-state index in [0.717, 1.165) is 37.3 Å². The number of anilines is 1. The van der Waals surface area contributed by atoms with Crippen molar-refractivity contribution in [1.82, 2.24) is 20.1 Å². The Morgan fingerprint density at radius 3 is 2.70 bits per heavy atom. The van der Waals surface area contributed by atoms with Crippen molar-refractivity contribution in [2.45, 2.75) is 25.7 Å². The average molecular weight is 336 g/mol. The number of hydrogen-bond acceptors (Lipinski definition) is 4. The molecule has 1 aromatic heterocycles. The lowest BCUT2D eigenvalue weighted by Gasteiger charge is -2.19. The number of halogens is 1. The Kier molecular flexibility index (Phi) is 5.74. The molecule has 2 heterocycles. The zero-order valence-corrected chi connectivity index (χ0v) is 14.2. The molecule has 1 fully saturated rings. The Balaban J connectivity index is 0.00000192. The molecule has 0 spiro atoms. The van der Waals surface area contributed by atoms with Gasteiger partial charge < -0.3 is 5.32 Å². The van der Waals surface area contributed by atoms with Crippen molar-refractivity contribution in [3.05, 3.63) is 41.2 Å². The number of rotatable bonds is 3. The van der Waals surface area contributed by atoms with Gasteiger partial charge in [-0.1, -0.05) is 18.2 Å². The summed E-state index contributed by atoms with van der Waals surface area (Å²) in [5.74, 6) is 1.55. The number of hydrogen-bond donors (Lipinski definition) is 2. The van der Waals surface area contributed by atoms with E-state index in [2.05, 4.69) is 20.7 Å². The first-order valence-electron chi connectivity index (χ1n) is 7.64. The van der Waals surface area contributed by atoms with Gasteiger partial charge in [-0.25, -0.2) is 4.68 Å². The molecule has 3 rings (SSSR count). The molecule has 2 aromatic rings. The van der Waals surface area contributed by atoms with Crippen molar-refractivity contribution < 1.29 is 4.79 Å². The molecule has 124 valence electrons. The Hall–Kier alpha value is -1.92. The summed E-state index contributed by atoms with van der Waals surface area (Å²) in [7, 11) is 1.81. The molecule has 0 saturated carbocycles. The van der Waals surface area contributed by atoms with Crippen molar-refractivity contribution in [1.29, 1.82) is 0 Å². The first kappa shape index (κ1) is 17.4. The number of aryl methyl sites for hydroxylation is 2. The summed E-state index contributed by atoms with van der Waals surface area (Å²) in [5, 5.41) is 10.7. The van der Waals surface area contributed by atoms with Crippen LogP contribution in [-0.4, -0.2) is 33.8 Å². The number of piperidine rings is 1. The van der Waals surface area contributed by atoms with Crippen molar-refractivity contribution in [2.24, 2.45) is 7.05 Å². The van der Waals surface area contributed by atoms with Crippen LogP contribution >= 0.6 is 12.4 Å². The molecule has 7 heteroatoms. The number of nitrogens with one attached hydrogen (secondary N) is 2. The predicted octanol–water partition coefficient (Wildman–Crippen LogP) is 2.26. The SMILES string of the molecule is Cc1ccccc1C(=O)Nc1nc(C2CCNCC2)nn1C.Cl. The lowest BCUT2D eigenvalue weighted by molar-refractivity contribution is 0.102. The van der Waals surface area contributed by atoms with Gasteiger partial charge in [0.15, 0.2) is 5.82 Å². The van der Waals surface area contributed by atoms with Crippen LogP contribution in [0.4, 0.5) is 5.95 Å². The standard InChI is InChI=1S/C16H21N5O.ClH/c1-11-5-3-4-6-13(11)15(22)19-16-18-14(20-21(16)2)12-7-9-17-10-8-12;/h3-6,12,17H,7-10H2,1-2H3,(H,18,19,20,22);1H. The fourth-order valence-corrected chi connectivity index (χ4v) is 2.76. The van der Waals surface area contributed by atoms with Crippen LogP contribution in [0.15, 0.2) is 24.3 Å². The molecule has 1 amide bonds. The van der Waals surface area contributed by atoms with Crippen LogP contribution in [0.25, 0.3) is 0 Å². The third kappa shape index (κ3) is 3.89. The van der Waals surface area contributed by atoms with Gasteiger partial charge in [-0.2, -0.15) is 10.1 Å². The van der Waals surface area contributed by atoms with E-state index in [0.29, 0.717) is 17.4 Å². The van der Waals surface area contributed by atoms with Gasteiger partial charge in [-0.05, 0) is 44.5 Å². The zero-order valence-electron chi connectivity index (χ0n) is 13.4. The second-order valence-corrected chi connectivity index (χ2v) is 5.71. The summed E-state index contributed by atoms with van der Waals surface area (Å²) in [5.41, 5.74) is 1.61. The van der Waals surface area contributed by atoms with Crippen molar-refractivity contribution in [2.75, 3.05) is 18.4 Å². The van der Waals surface area contributed by atoms with E-state index in [4.69, 9.17) is 0 Å². The number of aromatic nitrogens is 3. The Morgan fingerprint density at radius 2 is 2.00 bits per heavy atom. The van der Waals surface area contributed by atoms with E-state index < -0.39 is 0 Å². The number of nitrogens with zero attached hydrogens (tertiary/aromatic N) is 3. The largest absolute Gasteiger partial charge is 0.317 e. The van der Waals surface area contributed by atoms with Gasteiger partial charge in [0.25, 0.3) is 5.91 Å². The maximum Gasteiger partial charge on any atom is 0.258 e. The molecule has 23 heavy (non-hydrogen) atoms. The molecule has 6 nitrogen and oxygen atoms in total. The number of carbonyl (C=O) groups is 1. The Morgan fingerprint density at radius 1 is 1.30 bits per heavy atom. The van der Waals surface area contributed by atoms with Crippen molar-refractivity contribution in [3.63, 3.8) is 0 Å². The Labute approximate surface area is 142 Å². The molecular weight excluding hydrogens is 314 g/mol. The van der Waals surface area contributed by atoms with Gasteiger partial charge in [0.1, 0.15) is 0 Å². The van der Waals surface area contributed by atoms with Gasteiger partial charge in [0.05, 0.1) is 0 Å². The summed E-state index contributed by atoms with van der Waals surface area (Å²) < 4.78 is 1.65. The van der Waals surface area contributed by atoms with Crippen molar-refractivity contribution in [3.8, 4) is 0 Å². The molecule has 1 aromatic carbocycles. The highest BCUT2D eigenvalue weighted by atomic mass is 35.5. The third-order valence-electron chi connectivity index (χ3n) is 4.10. The van der Waals surface area contributed by atoms with Crippen molar-refractivity contribution >= 4 is 24.3 Å². The predicted molar refractivity (Wildman–Crippen MR) is 92.2 cm³/mol.